The second-order valence-corrected chi connectivity index (χ2v) is 8.25. The summed E-state index contributed by atoms with van der Waals surface area (Å²) in [6, 6.07) is 14.1. The number of hydrogen-bond acceptors (Lipinski definition) is 5. The number of fused-ring (bicyclic) bond motifs is 3. The van der Waals surface area contributed by atoms with Gasteiger partial charge in [-0.15, -0.1) is 0 Å². The molecule has 0 saturated carbocycles. The van der Waals surface area contributed by atoms with Crippen LogP contribution in [0.2, 0.25) is 0 Å². The molecule has 0 fully saturated rings. The van der Waals surface area contributed by atoms with Crippen LogP contribution < -0.4 is 4.84 Å². The lowest BCUT2D eigenvalue weighted by Gasteiger charge is -2.26. The van der Waals surface area contributed by atoms with Crippen molar-refractivity contribution in [2.75, 3.05) is 0 Å². The zero-order valence-electron chi connectivity index (χ0n) is 18.4. The Labute approximate surface area is 186 Å². The summed E-state index contributed by atoms with van der Waals surface area (Å²) in [6.45, 7) is 4.65. The van der Waals surface area contributed by atoms with Crippen molar-refractivity contribution in [3.63, 3.8) is 0 Å². The fourth-order valence-electron chi connectivity index (χ4n) is 4.59. The van der Waals surface area contributed by atoms with Crippen LogP contribution in [0, 0.1) is 31.1 Å². The van der Waals surface area contributed by atoms with E-state index in [-0.39, 0.29) is 11.8 Å². The minimum Gasteiger partial charge on any atom is -0.347 e. The molecule has 32 heavy (non-hydrogen) atoms. The average Bonchev–Trinajstić information content (AvgIpc) is 3.34. The molecule has 0 N–H and O–H groups in total. The van der Waals surface area contributed by atoms with E-state index in [2.05, 4.69) is 61.6 Å². The number of hydrogen-bond donors (Lipinski definition) is 0. The molecule has 1 aliphatic carbocycles. The first-order valence-electron chi connectivity index (χ1n) is 10.7. The maximum atomic E-state index is 9.47. The highest BCUT2D eigenvalue weighted by Gasteiger charge is 2.31. The van der Waals surface area contributed by atoms with Gasteiger partial charge in [-0.3, -0.25) is 0 Å². The first-order chi connectivity index (χ1) is 15.6. The molecule has 3 aromatic heterocycles. The number of para-hydroxylation sites is 1. The van der Waals surface area contributed by atoms with Crippen LogP contribution in [0.3, 0.4) is 0 Å². The normalized spacial score (nSPS) is 16.8. The van der Waals surface area contributed by atoms with Gasteiger partial charge in [0.15, 0.2) is 0 Å². The summed E-state index contributed by atoms with van der Waals surface area (Å²) in [5.74, 6) is 1.36. The molecule has 0 aliphatic heterocycles. The summed E-state index contributed by atoms with van der Waals surface area (Å²) in [7, 11) is 2.11. The number of rotatable bonds is 4. The Morgan fingerprint density at radius 2 is 2.06 bits per heavy atom. The van der Waals surface area contributed by atoms with E-state index in [9.17, 15) is 5.26 Å². The summed E-state index contributed by atoms with van der Waals surface area (Å²) in [6.07, 6.45) is 5.74. The van der Waals surface area contributed by atoms with Crippen molar-refractivity contribution >= 4 is 16.6 Å². The summed E-state index contributed by atoms with van der Waals surface area (Å²) in [4.78, 5) is 14.6. The number of pyridine rings is 1. The minimum absolute atomic E-state index is 0.150. The molecular weight excluding hydrogens is 400 g/mol. The summed E-state index contributed by atoms with van der Waals surface area (Å²) < 4.78 is 4.41. The molecule has 4 aromatic rings. The Bertz CT molecular complexity index is 1390. The fraction of sp³-hybridized carbons (Fsp3) is 0.280. The van der Waals surface area contributed by atoms with E-state index in [1.54, 1.807) is 12.1 Å². The number of benzene rings is 1. The summed E-state index contributed by atoms with van der Waals surface area (Å²) in [5.41, 5.74) is 5.60. The third-order valence-electron chi connectivity index (χ3n) is 6.29. The zero-order valence-corrected chi connectivity index (χ0v) is 18.4. The van der Waals surface area contributed by atoms with E-state index in [0.717, 1.165) is 47.6 Å². The van der Waals surface area contributed by atoms with Gasteiger partial charge >= 0.3 is 0 Å². The first-order valence-corrected chi connectivity index (χ1v) is 10.7. The first kappa shape index (κ1) is 20.0. The van der Waals surface area contributed by atoms with Gasteiger partial charge in [-0.25, -0.2) is 9.97 Å². The Hall–Kier alpha value is -3.92. The molecule has 0 saturated heterocycles. The van der Waals surface area contributed by atoms with Gasteiger partial charge in [0.1, 0.15) is 17.5 Å². The third-order valence-corrected chi connectivity index (χ3v) is 6.29. The summed E-state index contributed by atoms with van der Waals surface area (Å²) in [5, 5.41) is 15.3. The van der Waals surface area contributed by atoms with Crippen molar-refractivity contribution in [3.8, 4) is 11.9 Å². The Morgan fingerprint density at radius 1 is 1.22 bits per heavy atom. The number of imidazole rings is 1. The van der Waals surface area contributed by atoms with Crippen LogP contribution in [0.25, 0.3) is 10.9 Å². The maximum absolute atomic E-state index is 9.47. The molecule has 0 spiro atoms. The molecule has 5 rings (SSSR count). The Morgan fingerprint density at radius 3 is 2.84 bits per heavy atom. The molecule has 1 aliphatic rings. The van der Waals surface area contributed by atoms with Gasteiger partial charge in [-0.2, -0.15) is 5.26 Å². The molecule has 7 nitrogen and oxygen atoms in total. The van der Waals surface area contributed by atoms with E-state index in [1.165, 1.54) is 11.2 Å². The van der Waals surface area contributed by atoms with E-state index in [0.29, 0.717) is 5.56 Å². The average molecular weight is 425 g/mol. The lowest BCUT2D eigenvalue weighted by Crippen LogP contribution is -2.28. The van der Waals surface area contributed by atoms with Crippen molar-refractivity contribution in [2.45, 2.75) is 33.2 Å². The highest BCUT2D eigenvalue weighted by Crippen LogP contribution is 2.35. The van der Waals surface area contributed by atoms with Crippen LogP contribution in [0.5, 0.6) is 5.88 Å². The van der Waals surface area contributed by atoms with Crippen LogP contribution in [0.4, 0.5) is 0 Å². The standard InChI is InChI=1S/C25H24N6O/c1-16-8-9-18(14-26)25(28-16)32-29-24-19(15-31-13-12-27-17(31)2)10-11-22-23(24)20-6-4-5-7-21(20)30(22)3/h4-9,12-13,19H,10-11,15H2,1-3H3. The van der Waals surface area contributed by atoms with Crippen molar-refractivity contribution in [2.24, 2.45) is 18.1 Å². The molecule has 0 radical (unpaired) electrons. The van der Waals surface area contributed by atoms with E-state index >= 15 is 0 Å². The quantitative estimate of drug-likeness (QED) is 0.457. The topological polar surface area (TPSA) is 81.0 Å². The van der Waals surface area contributed by atoms with Crippen LogP contribution in [0.1, 0.15) is 34.8 Å². The van der Waals surface area contributed by atoms with Gasteiger partial charge in [-0.05, 0) is 44.9 Å². The largest absolute Gasteiger partial charge is 0.347 e. The second kappa shape index (κ2) is 7.97. The van der Waals surface area contributed by atoms with Crippen LogP contribution >= 0.6 is 0 Å². The van der Waals surface area contributed by atoms with Crippen molar-refractivity contribution < 1.29 is 4.84 Å². The smallest absolute Gasteiger partial charge is 0.266 e. The monoisotopic (exact) mass is 424 g/mol. The second-order valence-electron chi connectivity index (χ2n) is 8.25. The van der Waals surface area contributed by atoms with Gasteiger partial charge < -0.3 is 14.0 Å². The van der Waals surface area contributed by atoms with Crippen molar-refractivity contribution in [1.82, 2.24) is 19.1 Å². The third kappa shape index (κ3) is 3.34. The number of nitriles is 1. The number of aromatic nitrogens is 4. The van der Waals surface area contributed by atoms with Gasteiger partial charge in [0.05, 0.1) is 5.71 Å². The van der Waals surface area contributed by atoms with Crippen molar-refractivity contribution in [3.05, 3.63) is 77.1 Å². The van der Waals surface area contributed by atoms with E-state index in [1.807, 2.05) is 26.2 Å². The number of aryl methyl sites for hydroxylation is 3. The van der Waals surface area contributed by atoms with Crippen molar-refractivity contribution in [1.29, 1.82) is 5.26 Å². The van der Waals surface area contributed by atoms with E-state index < -0.39 is 0 Å². The Kier molecular flexibility index (Phi) is 4.98. The zero-order chi connectivity index (χ0) is 22.2. The minimum atomic E-state index is 0.150. The van der Waals surface area contributed by atoms with Gasteiger partial charge in [0.2, 0.25) is 0 Å². The maximum Gasteiger partial charge on any atom is 0.266 e. The Balaban J connectivity index is 1.64. The molecular formula is C25H24N6O. The molecule has 1 atom stereocenters. The molecule has 7 heteroatoms. The number of oxime groups is 1. The molecule has 0 bridgehead atoms. The molecule has 1 aromatic carbocycles. The highest BCUT2D eigenvalue weighted by molar-refractivity contribution is 6.13. The molecule has 160 valence electrons. The van der Waals surface area contributed by atoms with Crippen LogP contribution in [-0.4, -0.2) is 24.8 Å². The van der Waals surface area contributed by atoms with Gasteiger partial charge in [0, 0.05) is 59.8 Å². The predicted molar refractivity (Wildman–Crippen MR) is 123 cm³/mol. The van der Waals surface area contributed by atoms with Gasteiger partial charge in [0.25, 0.3) is 5.88 Å². The fourth-order valence-corrected chi connectivity index (χ4v) is 4.59. The molecule has 0 amide bonds. The predicted octanol–water partition coefficient (Wildman–Crippen LogP) is 4.30. The van der Waals surface area contributed by atoms with Crippen LogP contribution in [-0.2, 0) is 20.0 Å². The number of nitrogens with zero attached hydrogens (tertiary/aromatic N) is 6. The SMILES string of the molecule is Cc1ccc(C#N)c(ON=C2c3c(n(C)c4ccccc34)CCC2Cn2ccnc2C)n1. The summed E-state index contributed by atoms with van der Waals surface area (Å²) >= 11 is 0. The highest BCUT2D eigenvalue weighted by atomic mass is 16.6. The lowest BCUT2D eigenvalue weighted by atomic mass is 9.84. The van der Waals surface area contributed by atoms with Crippen LogP contribution in [0.15, 0.2) is 53.9 Å². The van der Waals surface area contributed by atoms with Gasteiger partial charge in [-0.1, -0.05) is 23.4 Å². The lowest BCUT2D eigenvalue weighted by molar-refractivity contribution is 0.319. The molecule has 1 unspecified atom stereocenters. The van der Waals surface area contributed by atoms with E-state index in [4.69, 9.17) is 4.84 Å². The molecule has 3 heterocycles.